The van der Waals surface area contributed by atoms with Gasteiger partial charge < -0.3 is 9.80 Å². The van der Waals surface area contributed by atoms with Crippen LogP contribution >= 0.6 is 22.9 Å². The summed E-state index contributed by atoms with van der Waals surface area (Å²) in [6.07, 6.45) is 1.54. The molecule has 0 spiro atoms. The molecule has 0 unspecified atom stereocenters. The molecule has 0 aliphatic rings. The Morgan fingerprint density at radius 2 is 1.79 bits per heavy atom. The van der Waals surface area contributed by atoms with Gasteiger partial charge >= 0.3 is 0 Å². The van der Waals surface area contributed by atoms with Crippen LogP contribution in [0.1, 0.15) is 40.6 Å². The van der Waals surface area contributed by atoms with Crippen molar-refractivity contribution in [3.8, 4) is 0 Å². The van der Waals surface area contributed by atoms with Crippen LogP contribution in [0.3, 0.4) is 0 Å². The summed E-state index contributed by atoms with van der Waals surface area (Å²) < 4.78 is 0. The molecular formula is C25H26ClN3O4S. The molecule has 3 rings (SSSR count). The number of hydrogen-bond donors (Lipinski definition) is 0. The Balaban J connectivity index is 1.83. The zero-order chi connectivity index (χ0) is 24.5. The predicted octanol–water partition coefficient (Wildman–Crippen LogP) is 5.78. The molecule has 1 heterocycles. The highest BCUT2D eigenvalue weighted by Crippen LogP contribution is 2.26. The van der Waals surface area contributed by atoms with Crippen LogP contribution in [0, 0.1) is 10.1 Å². The highest BCUT2D eigenvalue weighted by atomic mass is 35.5. The molecule has 3 aromatic rings. The summed E-state index contributed by atoms with van der Waals surface area (Å²) >= 11 is 7.47. The van der Waals surface area contributed by atoms with Crippen LogP contribution in [0.2, 0.25) is 5.02 Å². The number of thiophene rings is 1. The summed E-state index contributed by atoms with van der Waals surface area (Å²) in [6, 6.07) is 17.6. The molecule has 1 aromatic heterocycles. The van der Waals surface area contributed by atoms with Gasteiger partial charge in [-0.25, -0.2) is 0 Å². The lowest BCUT2D eigenvalue weighted by atomic mass is 10.1. The summed E-state index contributed by atoms with van der Waals surface area (Å²) in [5.74, 6) is -0.623. The first-order valence-electron chi connectivity index (χ1n) is 11.0. The molecule has 0 aliphatic carbocycles. The van der Waals surface area contributed by atoms with Crippen molar-refractivity contribution in [2.75, 3.05) is 13.1 Å². The lowest BCUT2D eigenvalue weighted by molar-refractivity contribution is -0.384. The van der Waals surface area contributed by atoms with Crippen LogP contribution in [0.4, 0.5) is 5.69 Å². The van der Waals surface area contributed by atoms with E-state index in [1.54, 1.807) is 16.2 Å². The Labute approximate surface area is 207 Å². The first-order chi connectivity index (χ1) is 16.4. The zero-order valence-electron chi connectivity index (χ0n) is 18.9. The zero-order valence-corrected chi connectivity index (χ0v) is 20.4. The van der Waals surface area contributed by atoms with Crippen LogP contribution in [0.5, 0.6) is 0 Å². The van der Waals surface area contributed by atoms with Crippen molar-refractivity contribution in [1.82, 2.24) is 9.80 Å². The number of nitro benzene ring substituents is 1. The third kappa shape index (κ3) is 6.88. The number of carbonyl (C=O) groups excluding carboxylic acids is 2. The van der Waals surface area contributed by atoms with E-state index in [1.165, 1.54) is 23.1 Å². The summed E-state index contributed by atoms with van der Waals surface area (Å²) in [4.78, 5) is 41.6. The van der Waals surface area contributed by atoms with Crippen molar-refractivity contribution in [2.24, 2.45) is 0 Å². The average molecular weight is 500 g/mol. The van der Waals surface area contributed by atoms with E-state index >= 15 is 0 Å². The molecule has 0 saturated carbocycles. The number of carbonyl (C=O) groups is 2. The number of hydrogen-bond acceptors (Lipinski definition) is 5. The summed E-state index contributed by atoms with van der Waals surface area (Å²) in [5.41, 5.74) is 0.790. The number of amides is 2. The average Bonchev–Trinajstić information content (AvgIpc) is 3.34. The minimum Gasteiger partial charge on any atom is -0.332 e. The van der Waals surface area contributed by atoms with Crippen LogP contribution in [0.15, 0.2) is 66.0 Å². The fraction of sp³-hybridized carbons (Fsp3) is 0.280. The maximum absolute atomic E-state index is 13.4. The smallest absolute Gasteiger partial charge is 0.288 e. The Morgan fingerprint density at radius 3 is 2.44 bits per heavy atom. The van der Waals surface area contributed by atoms with Gasteiger partial charge in [-0.3, -0.25) is 19.7 Å². The molecule has 9 heteroatoms. The first kappa shape index (κ1) is 25.4. The van der Waals surface area contributed by atoms with Gasteiger partial charge in [-0.15, -0.1) is 11.3 Å². The largest absolute Gasteiger partial charge is 0.332 e. The Bertz CT molecular complexity index is 1120. The van der Waals surface area contributed by atoms with Crippen molar-refractivity contribution in [2.45, 2.75) is 32.9 Å². The lowest BCUT2D eigenvalue weighted by Gasteiger charge is -2.28. The van der Waals surface area contributed by atoms with E-state index in [0.29, 0.717) is 26.1 Å². The first-order valence-corrected chi connectivity index (χ1v) is 12.2. The molecule has 0 aliphatic heterocycles. The Morgan fingerprint density at radius 1 is 1.03 bits per heavy atom. The van der Waals surface area contributed by atoms with E-state index < -0.39 is 10.8 Å². The van der Waals surface area contributed by atoms with Gasteiger partial charge in [-0.2, -0.15) is 0 Å². The van der Waals surface area contributed by atoms with Crippen molar-refractivity contribution in [3.05, 3.63) is 97.2 Å². The maximum atomic E-state index is 13.4. The van der Waals surface area contributed by atoms with Crippen LogP contribution in [-0.2, 0) is 17.9 Å². The summed E-state index contributed by atoms with van der Waals surface area (Å²) in [5, 5.41) is 13.2. The minimum atomic E-state index is -0.622. The fourth-order valence-corrected chi connectivity index (χ4v) is 4.37. The van der Waals surface area contributed by atoms with Gasteiger partial charge in [0.1, 0.15) is 11.6 Å². The number of halogens is 1. The van der Waals surface area contributed by atoms with E-state index in [-0.39, 0.29) is 28.7 Å². The van der Waals surface area contributed by atoms with Crippen molar-refractivity contribution >= 4 is 40.4 Å². The predicted molar refractivity (Wildman–Crippen MR) is 134 cm³/mol. The fourth-order valence-electron chi connectivity index (χ4n) is 3.46. The SMILES string of the molecule is CCCCN(CC(=O)N(Cc1ccccc1)Cc1cccs1)C(=O)c1ccc(Cl)c([N+](=O)[O-])c1. The van der Waals surface area contributed by atoms with Gasteiger partial charge in [0, 0.05) is 29.6 Å². The molecule has 0 N–H and O–H groups in total. The molecule has 0 saturated heterocycles. The highest BCUT2D eigenvalue weighted by Gasteiger charge is 2.25. The van der Waals surface area contributed by atoms with Crippen LogP contribution in [-0.4, -0.2) is 39.6 Å². The van der Waals surface area contributed by atoms with Gasteiger partial charge in [-0.1, -0.05) is 61.3 Å². The van der Waals surface area contributed by atoms with Crippen LogP contribution in [0.25, 0.3) is 0 Å². The van der Waals surface area contributed by atoms with Gasteiger partial charge in [0.15, 0.2) is 0 Å². The second kappa shape index (κ2) is 12.3. The Kier molecular flexibility index (Phi) is 9.18. The number of rotatable bonds is 11. The standard InChI is InChI=1S/C25H26ClN3O4S/c1-2-3-13-27(25(31)20-11-12-22(26)23(15-20)29(32)33)18-24(30)28(17-21-10-7-14-34-21)16-19-8-5-4-6-9-19/h4-12,14-15H,2-3,13,16-18H2,1H3. The van der Waals surface area contributed by atoms with Gasteiger partial charge in [-0.05, 0) is 35.6 Å². The van der Waals surface area contributed by atoms with Crippen LogP contribution < -0.4 is 0 Å². The van der Waals surface area contributed by atoms with Crippen molar-refractivity contribution in [3.63, 3.8) is 0 Å². The molecule has 0 bridgehead atoms. The van der Waals surface area contributed by atoms with Crippen molar-refractivity contribution < 1.29 is 14.5 Å². The van der Waals surface area contributed by atoms with E-state index in [0.717, 1.165) is 16.9 Å². The second-order valence-electron chi connectivity index (χ2n) is 7.82. The quantitative estimate of drug-likeness (QED) is 0.247. The summed E-state index contributed by atoms with van der Waals surface area (Å²) in [7, 11) is 0. The lowest BCUT2D eigenvalue weighted by Crippen LogP contribution is -2.42. The number of benzene rings is 2. The number of nitro groups is 1. The molecule has 2 aromatic carbocycles. The van der Waals surface area contributed by atoms with E-state index in [4.69, 9.17) is 11.6 Å². The van der Waals surface area contributed by atoms with Gasteiger partial charge in [0.25, 0.3) is 11.6 Å². The third-order valence-corrected chi connectivity index (χ3v) is 6.46. The maximum Gasteiger partial charge on any atom is 0.288 e. The molecular weight excluding hydrogens is 474 g/mol. The highest BCUT2D eigenvalue weighted by molar-refractivity contribution is 7.09. The second-order valence-corrected chi connectivity index (χ2v) is 9.26. The molecule has 7 nitrogen and oxygen atoms in total. The third-order valence-electron chi connectivity index (χ3n) is 5.28. The molecule has 178 valence electrons. The van der Waals surface area contributed by atoms with E-state index in [9.17, 15) is 19.7 Å². The molecule has 2 amide bonds. The Hall–Kier alpha value is -3.23. The van der Waals surface area contributed by atoms with Gasteiger partial charge in [0.2, 0.25) is 5.91 Å². The minimum absolute atomic E-state index is 0.0391. The molecule has 0 fully saturated rings. The number of unbranched alkanes of at least 4 members (excludes halogenated alkanes) is 1. The van der Waals surface area contributed by atoms with E-state index in [1.807, 2.05) is 54.8 Å². The molecule has 0 atom stereocenters. The normalized spacial score (nSPS) is 10.6. The van der Waals surface area contributed by atoms with Gasteiger partial charge in [0.05, 0.1) is 11.5 Å². The molecule has 0 radical (unpaired) electrons. The van der Waals surface area contributed by atoms with Crippen molar-refractivity contribution in [1.29, 1.82) is 0 Å². The van der Waals surface area contributed by atoms with E-state index in [2.05, 4.69) is 0 Å². The number of nitrogens with zero attached hydrogens (tertiary/aromatic N) is 3. The topological polar surface area (TPSA) is 83.8 Å². The molecule has 34 heavy (non-hydrogen) atoms. The monoisotopic (exact) mass is 499 g/mol. The summed E-state index contributed by atoms with van der Waals surface area (Å²) in [6.45, 7) is 3.10.